The quantitative estimate of drug-likeness (QED) is 0.674. The first kappa shape index (κ1) is 14.5. The molecule has 0 aromatic rings. The van der Waals surface area contributed by atoms with Crippen LogP contribution in [0.25, 0.3) is 0 Å². The molecule has 0 aromatic heterocycles. The summed E-state index contributed by atoms with van der Waals surface area (Å²) in [5, 5.41) is 0. The monoisotopic (exact) mass is 259 g/mol. The predicted octanol–water partition coefficient (Wildman–Crippen LogP) is 1.23. The summed E-state index contributed by atoms with van der Waals surface area (Å²) in [7, 11) is -1.80. The average Bonchev–Trinajstić information content (AvgIpc) is 2.77. The SMILES string of the molecule is C#CCN(C1CCCC1)S(=O)(=O)C[C@@H](C)OC. The molecular formula is C12H21NO3S. The van der Waals surface area contributed by atoms with E-state index in [2.05, 4.69) is 5.92 Å². The molecule has 0 unspecified atom stereocenters. The molecule has 0 radical (unpaired) electrons. The Balaban J connectivity index is 2.78. The van der Waals surface area contributed by atoms with Crippen LogP contribution < -0.4 is 0 Å². The molecule has 1 aliphatic rings. The van der Waals surface area contributed by atoms with Crippen LogP contribution in [0.2, 0.25) is 0 Å². The highest BCUT2D eigenvalue weighted by atomic mass is 32.2. The summed E-state index contributed by atoms with van der Waals surface area (Å²) in [6.07, 6.45) is 8.97. The summed E-state index contributed by atoms with van der Waals surface area (Å²) in [5.41, 5.74) is 0. The number of methoxy groups -OCH3 is 1. The number of hydrogen-bond acceptors (Lipinski definition) is 3. The van der Waals surface area contributed by atoms with Crippen LogP contribution in [0.15, 0.2) is 0 Å². The fraction of sp³-hybridized carbons (Fsp3) is 0.833. The molecule has 0 N–H and O–H groups in total. The third kappa shape index (κ3) is 3.98. The molecule has 4 nitrogen and oxygen atoms in total. The van der Waals surface area contributed by atoms with Gasteiger partial charge in [0.2, 0.25) is 10.0 Å². The first-order valence-electron chi connectivity index (χ1n) is 5.97. The van der Waals surface area contributed by atoms with Crippen molar-refractivity contribution in [1.29, 1.82) is 0 Å². The molecule has 1 saturated carbocycles. The molecule has 1 aliphatic carbocycles. The minimum absolute atomic E-state index is 0.00167. The lowest BCUT2D eigenvalue weighted by Crippen LogP contribution is -2.42. The Kier molecular flexibility index (Phi) is 5.44. The minimum Gasteiger partial charge on any atom is -0.381 e. The molecular weight excluding hydrogens is 238 g/mol. The van der Waals surface area contributed by atoms with E-state index < -0.39 is 10.0 Å². The van der Waals surface area contributed by atoms with Crippen molar-refractivity contribution in [2.75, 3.05) is 19.4 Å². The second kappa shape index (κ2) is 6.39. The van der Waals surface area contributed by atoms with Crippen molar-refractivity contribution in [2.45, 2.75) is 44.8 Å². The first-order chi connectivity index (χ1) is 8.01. The van der Waals surface area contributed by atoms with Gasteiger partial charge in [-0.05, 0) is 19.8 Å². The van der Waals surface area contributed by atoms with Gasteiger partial charge < -0.3 is 4.74 Å². The van der Waals surface area contributed by atoms with Crippen LogP contribution in [0.4, 0.5) is 0 Å². The van der Waals surface area contributed by atoms with Gasteiger partial charge in [0.25, 0.3) is 0 Å². The molecule has 98 valence electrons. The zero-order valence-corrected chi connectivity index (χ0v) is 11.4. The summed E-state index contributed by atoms with van der Waals surface area (Å²) in [5.74, 6) is 2.45. The molecule has 17 heavy (non-hydrogen) atoms. The Hall–Kier alpha value is -0.570. The van der Waals surface area contributed by atoms with E-state index in [1.807, 2.05) is 0 Å². The summed E-state index contributed by atoms with van der Waals surface area (Å²) in [6.45, 7) is 1.92. The minimum atomic E-state index is -3.31. The van der Waals surface area contributed by atoms with Crippen molar-refractivity contribution in [3.8, 4) is 12.3 Å². The largest absolute Gasteiger partial charge is 0.381 e. The number of hydrogen-bond donors (Lipinski definition) is 0. The Morgan fingerprint density at radius 2 is 2.06 bits per heavy atom. The normalized spacial score (nSPS) is 19.4. The molecule has 0 spiro atoms. The van der Waals surface area contributed by atoms with Crippen LogP contribution in [-0.4, -0.2) is 44.3 Å². The van der Waals surface area contributed by atoms with Gasteiger partial charge >= 0.3 is 0 Å². The molecule has 5 heteroatoms. The Labute approximate surface area is 104 Å². The highest BCUT2D eigenvalue weighted by Gasteiger charge is 2.32. The summed E-state index contributed by atoms with van der Waals surface area (Å²) < 4.78 is 31.0. The van der Waals surface area contributed by atoms with Crippen molar-refractivity contribution >= 4 is 10.0 Å². The van der Waals surface area contributed by atoms with E-state index in [0.29, 0.717) is 0 Å². The van der Waals surface area contributed by atoms with E-state index in [0.717, 1.165) is 25.7 Å². The lowest BCUT2D eigenvalue weighted by molar-refractivity contribution is 0.134. The summed E-state index contributed by atoms with van der Waals surface area (Å²) in [4.78, 5) is 0. The van der Waals surface area contributed by atoms with Crippen LogP contribution in [0, 0.1) is 12.3 Å². The second-order valence-corrected chi connectivity index (χ2v) is 6.48. The zero-order chi connectivity index (χ0) is 12.9. The predicted molar refractivity (Wildman–Crippen MR) is 68.1 cm³/mol. The van der Waals surface area contributed by atoms with Gasteiger partial charge in [0.1, 0.15) is 0 Å². The van der Waals surface area contributed by atoms with Gasteiger partial charge in [-0.15, -0.1) is 6.42 Å². The van der Waals surface area contributed by atoms with Crippen LogP contribution in [-0.2, 0) is 14.8 Å². The number of ether oxygens (including phenoxy) is 1. The first-order valence-corrected chi connectivity index (χ1v) is 7.58. The second-order valence-electron chi connectivity index (χ2n) is 4.51. The highest BCUT2D eigenvalue weighted by Crippen LogP contribution is 2.25. The van der Waals surface area contributed by atoms with Gasteiger partial charge in [0.05, 0.1) is 18.4 Å². The van der Waals surface area contributed by atoms with Gasteiger partial charge in [-0.2, -0.15) is 4.31 Å². The van der Waals surface area contributed by atoms with E-state index in [1.165, 1.54) is 11.4 Å². The van der Waals surface area contributed by atoms with Crippen molar-refractivity contribution in [1.82, 2.24) is 4.31 Å². The lowest BCUT2D eigenvalue weighted by atomic mass is 10.2. The topological polar surface area (TPSA) is 46.6 Å². The fourth-order valence-electron chi connectivity index (χ4n) is 2.20. The number of terminal acetylenes is 1. The van der Waals surface area contributed by atoms with Crippen molar-refractivity contribution in [2.24, 2.45) is 0 Å². The molecule has 0 aliphatic heterocycles. The molecule has 0 heterocycles. The molecule has 0 aromatic carbocycles. The molecule has 1 fully saturated rings. The van der Waals surface area contributed by atoms with Crippen LogP contribution >= 0.6 is 0 Å². The molecule has 1 rings (SSSR count). The molecule has 0 amide bonds. The van der Waals surface area contributed by atoms with Gasteiger partial charge in [0.15, 0.2) is 0 Å². The van der Waals surface area contributed by atoms with Crippen LogP contribution in [0.5, 0.6) is 0 Å². The lowest BCUT2D eigenvalue weighted by Gasteiger charge is -2.27. The number of rotatable bonds is 6. The van der Waals surface area contributed by atoms with Gasteiger partial charge in [-0.3, -0.25) is 0 Å². The van der Waals surface area contributed by atoms with Gasteiger partial charge in [-0.25, -0.2) is 8.42 Å². The maximum Gasteiger partial charge on any atom is 0.217 e. The van der Waals surface area contributed by atoms with Gasteiger partial charge in [-0.1, -0.05) is 18.8 Å². The van der Waals surface area contributed by atoms with E-state index in [9.17, 15) is 8.42 Å². The highest BCUT2D eigenvalue weighted by molar-refractivity contribution is 7.89. The standard InChI is InChI=1S/C12H21NO3S/c1-4-9-13(12-7-5-6-8-12)17(14,15)10-11(2)16-3/h1,11-12H,5-10H2,2-3H3/t11-/m1/s1. The number of nitrogens with zero attached hydrogens (tertiary/aromatic N) is 1. The van der Waals surface area contributed by atoms with E-state index >= 15 is 0 Å². The molecule has 0 bridgehead atoms. The van der Waals surface area contributed by atoms with Gasteiger partial charge in [0, 0.05) is 13.2 Å². The molecule has 0 saturated heterocycles. The zero-order valence-electron chi connectivity index (χ0n) is 10.6. The Bertz CT molecular complexity index is 366. The fourth-order valence-corrected chi connectivity index (χ4v) is 4.05. The molecule has 1 atom stereocenters. The van der Waals surface area contributed by atoms with Crippen molar-refractivity contribution in [3.63, 3.8) is 0 Å². The van der Waals surface area contributed by atoms with Crippen LogP contribution in [0.1, 0.15) is 32.6 Å². The van der Waals surface area contributed by atoms with Crippen LogP contribution in [0.3, 0.4) is 0 Å². The van der Waals surface area contributed by atoms with E-state index in [-0.39, 0.29) is 24.4 Å². The summed E-state index contributed by atoms with van der Waals surface area (Å²) in [6, 6.07) is 0.0834. The van der Waals surface area contributed by atoms with E-state index in [4.69, 9.17) is 11.2 Å². The van der Waals surface area contributed by atoms with Crippen molar-refractivity contribution < 1.29 is 13.2 Å². The third-order valence-electron chi connectivity index (χ3n) is 3.18. The Morgan fingerprint density at radius 3 is 2.53 bits per heavy atom. The average molecular weight is 259 g/mol. The van der Waals surface area contributed by atoms with Crippen molar-refractivity contribution in [3.05, 3.63) is 0 Å². The third-order valence-corrected chi connectivity index (χ3v) is 5.22. The smallest absolute Gasteiger partial charge is 0.217 e. The van der Waals surface area contributed by atoms with E-state index in [1.54, 1.807) is 6.92 Å². The maximum absolute atomic E-state index is 12.2. The Morgan fingerprint density at radius 1 is 1.47 bits per heavy atom. The number of sulfonamides is 1. The maximum atomic E-state index is 12.2. The summed E-state index contributed by atoms with van der Waals surface area (Å²) >= 11 is 0.